The molecular weight excluding hydrogens is 478 g/mol. The van der Waals surface area contributed by atoms with Crippen LogP contribution >= 0.6 is 0 Å². The van der Waals surface area contributed by atoms with Crippen molar-refractivity contribution in [1.82, 2.24) is 0 Å². The van der Waals surface area contributed by atoms with Gasteiger partial charge in [-0.15, -0.1) is 0 Å². The molecule has 1 aromatic rings. The molecule has 0 aromatic heterocycles. The van der Waals surface area contributed by atoms with Crippen LogP contribution in [0.2, 0.25) is 0 Å². The molecule has 1 rings (SSSR count). The Labute approximate surface area is 220 Å². The van der Waals surface area contributed by atoms with Crippen molar-refractivity contribution in [2.45, 2.75) is 97.4 Å². The smallest absolute Gasteiger partial charge is 0.326 e. The highest BCUT2D eigenvalue weighted by Crippen LogP contribution is 2.31. The van der Waals surface area contributed by atoms with Crippen LogP contribution in [-0.2, 0) is 35.1 Å². The summed E-state index contributed by atoms with van der Waals surface area (Å²) in [4.78, 5) is 49.1. The summed E-state index contributed by atoms with van der Waals surface area (Å²) >= 11 is 0. The minimum atomic E-state index is -1.49. The Kier molecular flexibility index (Phi) is 14.5. The summed E-state index contributed by atoms with van der Waals surface area (Å²) in [6.07, 6.45) is 5.65. The Morgan fingerprint density at radius 2 is 1.46 bits per heavy atom. The largest absolute Gasteiger partial charge is 0.468 e. The lowest BCUT2D eigenvalue weighted by atomic mass is 9.88. The van der Waals surface area contributed by atoms with Crippen molar-refractivity contribution in [2.75, 3.05) is 13.7 Å². The number of benzene rings is 1. The first-order valence-corrected chi connectivity index (χ1v) is 13.1. The molecule has 0 bridgehead atoms. The number of hydrogen-bond donors (Lipinski definition) is 1. The number of hydrogen-bond acceptors (Lipinski definition) is 9. The van der Waals surface area contributed by atoms with Gasteiger partial charge >= 0.3 is 23.9 Å². The molecule has 1 unspecified atom stereocenters. The van der Waals surface area contributed by atoms with Crippen LogP contribution in [0, 0.1) is 5.92 Å². The Bertz CT molecular complexity index is 898. The van der Waals surface area contributed by atoms with Crippen molar-refractivity contribution in [1.29, 1.82) is 0 Å². The third-order valence-corrected chi connectivity index (χ3v) is 5.80. The van der Waals surface area contributed by atoms with Gasteiger partial charge in [-0.1, -0.05) is 59.4 Å². The van der Waals surface area contributed by atoms with E-state index >= 15 is 0 Å². The van der Waals surface area contributed by atoms with E-state index < -0.39 is 29.4 Å². The van der Waals surface area contributed by atoms with Crippen molar-refractivity contribution < 1.29 is 38.1 Å². The fourth-order valence-corrected chi connectivity index (χ4v) is 3.54. The van der Waals surface area contributed by atoms with Gasteiger partial charge in [0.25, 0.3) is 0 Å². The van der Waals surface area contributed by atoms with Gasteiger partial charge in [0.15, 0.2) is 11.5 Å². The number of esters is 4. The SMILES string of the molecule is CCCCCC(=O)Oc1ccc(CC(N)(CCOC(=O)C(C)C)C(=O)OC)cc1OC(=O)CCCCC. The summed E-state index contributed by atoms with van der Waals surface area (Å²) in [7, 11) is 1.23. The molecule has 9 nitrogen and oxygen atoms in total. The van der Waals surface area contributed by atoms with Gasteiger partial charge < -0.3 is 24.7 Å². The minimum Gasteiger partial charge on any atom is -0.468 e. The van der Waals surface area contributed by atoms with Crippen LogP contribution in [0.3, 0.4) is 0 Å². The lowest BCUT2D eigenvalue weighted by Crippen LogP contribution is -2.51. The standard InChI is InChI=1S/C28H43NO8/c1-6-8-10-12-24(30)36-22-15-14-21(18-23(22)37-25(31)13-11-9-7-2)19-28(29,27(33)34-5)16-17-35-26(32)20(3)4/h14-15,18,20H,6-13,16-17,19,29H2,1-5H3. The molecule has 37 heavy (non-hydrogen) atoms. The maximum atomic E-state index is 12.6. The van der Waals surface area contributed by atoms with Crippen molar-refractivity contribution >= 4 is 23.9 Å². The maximum absolute atomic E-state index is 12.6. The van der Waals surface area contributed by atoms with Crippen molar-refractivity contribution in [3.05, 3.63) is 23.8 Å². The second-order valence-corrected chi connectivity index (χ2v) is 9.54. The molecule has 0 radical (unpaired) electrons. The first-order valence-electron chi connectivity index (χ1n) is 13.1. The predicted octanol–water partition coefficient (Wildman–Crippen LogP) is 4.66. The van der Waals surface area contributed by atoms with Crippen LogP contribution in [0.5, 0.6) is 11.5 Å². The topological polar surface area (TPSA) is 131 Å². The van der Waals surface area contributed by atoms with E-state index in [1.165, 1.54) is 19.2 Å². The van der Waals surface area contributed by atoms with Crippen LogP contribution < -0.4 is 15.2 Å². The van der Waals surface area contributed by atoms with E-state index in [-0.39, 0.29) is 49.7 Å². The first-order chi connectivity index (χ1) is 17.6. The van der Waals surface area contributed by atoms with Gasteiger partial charge in [-0.25, -0.2) is 0 Å². The number of rotatable bonds is 17. The predicted molar refractivity (Wildman–Crippen MR) is 139 cm³/mol. The summed E-state index contributed by atoms with van der Waals surface area (Å²) in [5.41, 5.74) is 5.47. The van der Waals surface area contributed by atoms with Crippen LogP contribution in [0.15, 0.2) is 18.2 Å². The zero-order valence-corrected chi connectivity index (χ0v) is 22.9. The van der Waals surface area contributed by atoms with E-state index in [2.05, 4.69) is 0 Å². The molecular formula is C28H43NO8. The number of methoxy groups -OCH3 is 1. The van der Waals surface area contributed by atoms with Gasteiger partial charge in [-0.2, -0.15) is 0 Å². The average Bonchev–Trinajstić information content (AvgIpc) is 2.85. The Balaban J connectivity index is 3.13. The van der Waals surface area contributed by atoms with Crippen LogP contribution in [-0.4, -0.2) is 43.1 Å². The highest BCUT2D eigenvalue weighted by molar-refractivity contribution is 5.81. The average molecular weight is 522 g/mol. The van der Waals surface area contributed by atoms with Crippen LogP contribution in [0.1, 0.15) is 91.0 Å². The van der Waals surface area contributed by atoms with Crippen LogP contribution in [0.25, 0.3) is 0 Å². The van der Waals surface area contributed by atoms with Crippen molar-refractivity contribution in [2.24, 2.45) is 11.7 Å². The summed E-state index contributed by atoms with van der Waals surface area (Å²) in [5.74, 6) is -2.02. The molecule has 0 fully saturated rings. The fraction of sp³-hybridized carbons (Fsp3) is 0.643. The Morgan fingerprint density at radius 3 is 1.97 bits per heavy atom. The van der Waals surface area contributed by atoms with Gasteiger partial charge in [0, 0.05) is 25.7 Å². The molecule has 2 N–H and O–H groups in total. The lowest BCUT2D eigenvalue weighted by Gasteiger charge is -2.27. The highest BCUT2D eigenvalue weighted by atomic mass is 16.6. The molecule has 0 spiro atoms. The molecule has 208 valence electrons. The van der Waals surface area contributed by atoms with E-state index in [0.29, 0.717) is 18.4 Å². The zero-order chi connectivity index (χ0) is 27.8. The summed E-state index contributed by atoms with van der Waals surface area (Å²) < 4.78 is 21.2. The molecule has 1 atom stereocenters. The lowest BCUT2D eigenvalue weighted by molar-refractivity contribution is -0.152. The number of carbonyl (C=O) groups is 4. The molecule has 0 aliphatic rings. The van der Waals surface area contributed by atoms with Crippen molar-refractivity contribution in [3.8, 4) is 11.5 Å². The summed E-state index contributed by atoms with van der Waals surface area (Å²) in [6.45, 7) is 7.44. The van der Waals surface area contributed by atoms with E-state index in [1.807, 2.05) is 13.8 Å². The first kappa shape index (κ1) is 32.1. The zero-order valence-electron chi connectivity index (χ0n) is 22.9. The number of carbonyl (C=O) groups excluding carboxylic acids is 4. The molecule has 0 aliphatic carbocycles. The van der Waals surface area contributed by atoms with Gasteiger partial charge in [-0.3, -0.25) is 19.2 Å². The minimum absolute atomic E-state index is 0.0179. The third kappa shape index (κ3) is 11.8. The van der Waals surface area contributed by atoms with E-state index in [0.717, 1.165) is 25.7 Å². The molecule has 0 heterocycles. The normalized spacial score (nSPS) is 12.5. The second-order valence-electron chi connectivity index (χ2n) is 9.54. The van der Waals surface area contributed by atoms with E-state index in [1.54, 1.807) is 19.9 Å². The molecule has 9 heteroatoms. The molecule has 0 aliphatic heterocycles. The van der Waals surface area contributed by atoms with Gasteiger partial charge in [0.2, 0.25) is 0 Å². The summed E-state index contributed by atoms with van der Waals surface area (Å²) in [6, 6.07) is 4.71. The van der Waals surface area contributed by atoms with E-state index in [9.17, 15) is 19.2 Å². The van der Waals surface area contributed by atoms with Crippen LogP contribution in [0.4, 0.5) is 0 Å². The number of unbranched alkanes of at least 4 members (excludes halogenated alkanes) is 4. The second kappa shape index (κ2) is 16.7. The van der Waals surface area contributed by atoms with Gasteiger partial charge in [-0.05, 0) is 30.5 Å². The van der Waals surface area contributed by atoms with Crippen molar-refractivity contribution in [3.63, 3.8) is 0 Å². The quantitative estimate of drug-likeness (QED) is 0.177. The number of nitrogens with two attached hydrogens (primary N) is 1. The third-order valence-electron chi connectivity index (χ3n) is 5.80. The summed E-state index contributed by atoms with van der Waals surface area (Å²) in [5, 5.41) is 0. The highest BCUT2D eigenvalue weighted by Gasteiger charge is 2.36. The number of ether oxygens (including phenoxy) is 4. The Morgan fingerprint density at radius 1 is 0.892 bits per heavy atom. The maximum Gasteiger partial charge on any atom is 0.326 e. The van der Waals surface area contributed by atoms with Gasteiger partial charge in [0.1, 0.15) is 5.54 Å². The fourth-order valence-electron chi connectivity index (χ4n) is 3.54. The monoisotopic (exact) mass is 521 g/mol. The molecule has 0 amide bonds. The van der Waals surface area contributed by atoms with Gasteiger partial charge in [0.05, 0.1) is 19.6 Å². The molecule has 1 aromatic carbocycles. The molecule has 0 saturated carbocycles. The van der Waals surface area contributed by atoms with E-state index in [4.69, 9.17) is 24.7 Å². The Hall–Kier alpha value is -2.94. The molecule has 0 saturated heterocycles.